The normalized spacial score (nSPS) is 16.9. The first-order valence-corrected chi connectivity index (χ1v) is 8.33. The minimum Gasteiger partial charge on any atom is -0.356 e. The van der Waals surface area contributed by atoms with E-state index in [0.29, 0.717) is 12.1 Å². The molecule has 1 aliphatic rings. The minimum absolute atomic E-state index is 0.113. The second kappa shape index (κ2) is 7.90. The monoisotopic (exact) mass is 356 g/mol. The van der Waals surface area contributed by atoms with Crippen molar-refractivity contribution in [3.63, 3.8) is 0 Å². The molecule has 0 unspecified atom stereocenters. The number of nitrogens with zero attached hydrogens (tertiary/aromatic N) is 1. The second-order valence-electron chi connectivity index (χ2n) is 5.58. The highest BCUT2D eigenvalue weighted by Gasteiger charge is 2.24. The predicted octanol–water partition coefficient (Wildman–Crippen LogP) is 3.33. The van der Waals surface area contributed by atoms with E-state index in [1.54, 1.807) is 0 Å². The Bertz CT molecular complexity index is 487. The van der Waals surface area contributed by atoms with Crippen molar-refractivity contribution < 1.29 is 9.18 Å². The molecule has 116 valence electrons. The molecule has 0 radical (unpaired) electrons. The summed E-state index contributed by atoms with van der Waals surface area (Å²) >= 11 is 3.27. The van der Waals surface area contributed by atoms with Crippen LogP contribution in [0.4, 0.5) is 4.39 Å². The number of halogens is 2. The highest BCUT2D eigenvalue weighted by atomic mass is 79.9. The van der Waals surface area contributed by atoms with Crippen LogP contribution in [0.3, 0.4) is 0 Å². The number of hydrogen-bond donors (Lipinski definition) is 1. The summed E-state index contributed by atoms with van der Waals surface area (Å²) < 4.78 is 14.6. The summed E-state index contributed by atoms with van der Waals surface area (Å²) in [6.07, 6.45) is 2.68. The van der Waals surface area contributed by atoms with Gasteiger partial charge in [0.15, 0.2) is 0 Å². The van der Waals surface area contributed by atoms with Gasteiger partial charge in [0.1, 0.15) is 5.82 Å². The molecule has 1 saturated heterocycles. The van der Waals surface area contributed by atoms with Crippen LogP contribution in [0, 0.1) is 11.7 Å². The Morgan fingerprint density at radius 2 is 2.14 bits per heavy atom. The van der Waals surface area contributed by atoms with Crippen molar-refractivity contribution in [3.8, 4) is 0 Å². The molecule has 0 aliphatic carbocycles. The topological polar surface area (TPSA) is 32.3 Å². The Morgan fingerprint density at radius 3 is 2.76 bits per heavy atom. The molecule has 5 heteroatoms. The fraction of sp³-hybridized carbons (Fsp3) is 0.562. The van der Waals surface area contributed by atoms with E-state index in [2.05, 4.69) is 33.1 Å². The van der Waals surface area contributed by atoms with Crippen LogP contribution in [-0.4, -0.2) is 30.4 Å². The molecular formula is C16H22BrFN2O. The van der Waals surface area contributed by atoms with Crippen LogP contribution in [0.5, 0.6) is 0 Å². The highest BCUT2D eigenvalue weighted by Crippen LogP contribution is 2.21. The zero-order valence-electron chi connectivity index (χ0n) is 12.4. The van der Waals surface area contributed by atoms with Crippen molar-refractivity contribution in [1.82, 2.24) is 10.2 Å². The van der Waals surface area contributed by atoms with Crippen LogP contribution >= 0.6 is 15.9 Å². The number of amides is 1. The molecule has 0 saturated carbocycles. The maximum absolute atomic E-state index is 13.8. The van der Waals surface area contributed by atoms with Crippen LogP contribution < -0.4 is 5.32 Å². The molecule has 1 aliphatic heterocycles. The maximum atomic E-state index is 13.8. The van der Waals surface area contributed by atoms with E-state index >= 15 is 0 Å². The first-order valence-electron chi connectivity index (χ1n) is 7.54. The molecule has 0 atom stereocenters. The quantitative estimate of drug-likeness (QED) is 0.877. The molecule has 1 aromatic carbocycles. The fourth-order valence-electron chi connectivity index (χ4n) is 2.64. The van der Waals surface area contributed by atoms with Crippen molar-refractivity contribution in [1.29, 1.82) is 0 Å². The Balaban J connectivity index is 1.82. The summed E-state index contributed by atoms with van der Waals surface area (Å²) in [4.78, 5) is 14.1. The lowest BCUT2D eigenvalue weighted by molar-refractivity contribution is -0.126. The third-order valence-corrected chi connectivity index (χ3v) is 4.41. The first kappa shape index (κ1) is 16.4. The zero-order chi connectivity index (χ0) is 15.2. The summed E-state index contributed by atoms with van der Waals surface area (Å²) in [6, 6.07) is 5.18. The summed E-state index contributed by atoms with van der Waals surface area (Å²) in [6.45, 7) is 5.11. The predicted molar refractivity (Wildman–Crippen MR) is 85.4 cm³/mol. The number of likely N-dealkylation sites (tertiary alicyclic amines) is 1. The summed E-state index contributed by atoms with van der Waals surface area (Å²) in [7, 11) is 0. The van der Waals surface area contributed by atoms with Crippen LogP contribution in [0.2, 0.25) is 0 Å². The number of hydrogen-bond acceptors (Lipinski definition) is 2. The molecule has 2 rings (SSSR count). The molecule has 0 spiro atoms. The molecule has 21 heavy (non-hydrogen) atoms. The number of nitrogens with one attached hydrogen (secondary N) is 1. The Labute approximate surface area is 134 Å². The second-order valence-corrected chi connectivity index (χ2v) is 6.49. The van der Waals surface area contributed by atoms with Gasteiger partial charge in [0.2, 0.25) is 5.91 Å². The molecule has 0 aromatic heterocycles. The van der Waals surface area contributed by atoms with E-state index in [9.17, 15) is 9.18 Å². The maximum Gasteiger partial charge on any atom is 0.223 e. The van der Waals surface area contributed by atoms with E-state index in [-0.39, 0.29) is 17.6 Å². The molecule has 1 N–H and O–H groups in total. The molecule has 1 aromatic rings. The van der Waals surface area contributed by atoms with Crippen LogP contribution in [0.25, 0.3) is 0 Å². The smallest absolute Gasteiger partial charge is 0.223 e. The van der Waals surface area contributed by atoms with Crippen LogP contribution in [0.1, 0.15) is 31.7 Å². The lowest BCUT2D eigenvalue weighted by Gasteiger charge is -2.31. The number of piperidine rings is 1. The Kier molecular flexibility index (Phi) is 6.18. The van der Waals surface area contributed by atoms with Gasteiger partial charge in [-0.25, -0.2) is 4.39 Å². The molecule has 1 fully saturated rings. The van der Waals surface area contributed by atoms with Crippen LogP contribution in [-0.2, 0) is 11.3 Å². The average Bonchev–Trinajstić information content (AvgIpc) is 2.48. The van der Waals surface area contributed by atoms with E-state index in [4.69, 9.17) is 0 Å². The summed E-state index contributed by atoms with van der Waals surface area (Å²) in [5.41, 5.74) is 0.715. The van der Waals surface area contributed by atoms with Crippen molar-refractivity contribution in [3.05, 3.63) is 34.1 Å². The molecule has 3 nitrogen and oxygen atoms in total. The van der Waals surface area contributed by atoms with Gasteiger partial charge in [0, 0.05) is 29.0 Å². The number of carbonyl (C=O) groups is 1. The lowest BCUT2D eigenvalue weighted by atomic mass is 9.95. The highest BCUT2D eigenvalue weighted by molar-refractivity contribution is 9.10. The van der Waals surface area contributed by atoms with E-state index in [1.807, 2.05) is 12.1 Å². The standard InChI is InChI=1S/C16H22BrFN2O/c1-2-7-19-16(21)12-5-8-20(9-6-12)11-13-3-4-14(17)10-15(13)18/h3-4,10,12H,2,5-9,11H2,1H3,(H,19,21). The van der Waals surface area contributed by atoms with E-state index in [0.717, 1.165) is 43.4 Å². The van der Waals surface area contributed by atoms with Crippen molar-refractivity contribution in [2.75, 3.05) is 19.6 Å². The van der Waals surface area contributed by atoms with Crippen molar-refractivity contribution in [2.24, 2.45) is 5.92 Å². The molecule has 0 bridgehead atoms. The van der Waals surface area contributed by atoms with Gasteiger partial charge < -0.3 is 5.32 Å². The van der Waals surface area contributed by atoms with Gasteiger partial charge in [-0.05, 0) is 44.5 Å². The van der Waals surface area contributed by atoms with Gasteiger partial charge in [-0.1, -0.05) is 28.9 Å². The summed E-state index contributed by atoms with van der Waals surface area (Å²) in [5.74, 6) is 0.112. The van der Waals surface area contributed by atoms with Gasteiger partial charge >= 0.3 is 0 Å². The van der Waals surface area contributed by atoms with Gasteiger partial charge in [-0.2, -0.15) is 0 Å². The van der Waals surface area contributed by atoms with Gasteiger partial charge in [0.05, 0.1) is 0 Å². The van der Waals surface area contributed by atoms with Crippen LogP contribution in [0.15, 0.2) is 22.7 Å². The SMILES string of the molecule is CCCNC(=O)C1CCN(Cc2ccc(Br)cc2F)CC1. The van der Waals surface area contributed by atoms with Gasteiger partial charge in [-0.15, -0.1) is 0 Å². The largest absolute Gasteiger partial charge is 0.356 e. The number of rotatable bonds is 5. The average molecular weight is 357 g/mol. The Hall–Kier alpha value is -0.940. The Morgan fingerprint density at radius 1 is 1.43 bits per heavy atom. The molecular weight excluding hydrogens is 335 g/mol. The third-order valence-electron chi connectivity index (χ3n) is 3.92. The summed E-state index contributed by atoms with van der Waals surface area (Å²) in [5, 5.41) is 2.96. The molecule has 1 heterocycles. The van der Waals surface area contributed by atoms with Crippen molar-refractivity contribution >= 4 is 21.8 Å². The van der Waals surface area contributed by atoms with Gasteiger partial charge in [-0.3, -0.25) is 9.69 Å². The molecule has 1 amide bonds. The van der Waals surface area contributed by atoms with E-state index in [1.165, 1.54) is 6.07 Å². The zero-order valence-corrected chi connectivity index (χ0v) is 14.0. The lowest BCUT2D eigenvalue weighted by Crippen LogP contribution is -2.40. The third kappa shape index (κ3) is 4.78. The van der Waals surface area contributed by atoms with E-state index < -0.39 is 0 Å². The van der Waals surface area contributed by atoms with Crippen molar-refractivity contribution in [2.45, 2.75) is 32.7 Å². The number of carbonyl (C=O) groups excluding carboxylic acids is 1. The van der Waals surface area contributed by atoms with Gasteiger partial charge in [0.25, 0.3) is 0 Å². The first-order chi connectivity index (χ1) is 10.1. The fourth-order valence-corrected chi connectivity index (χ4v) is 2.97. The minimum atomic E-state index is -0.174. The number of benzene rings is 1.